The number of ether oxygens (including phenoxy) is 2. The molecule has 1 heterocycles. The van der Waals surface area contributed by atoms with Crippen LogP contribution in [0.4, 0.5) is 0 Å². The fraction of sp³-hybridized carbons (Fsp3) is 0.300. The third kappa shape index (κ3) is 3.74. The summed E-state index contributed by atoms with van der Waals surface area (Å²) in [4.78, 5) is 2.45. The topological polar surface area (TPSA) is 21.7 Å². The second kappa shape index (κ2) is 7.34. The van der Waals surface area contributed by atoms with Gasteiger partial charge < -0.3 is 9.47 Å². The Labute approximate surface area is 138 Å². The van der Waals surface area contributed by atoms with Crippen LogP contribution in [0.3, 0.4) is 0 Å². The first-order valence-corrected chi connectivity index (χ1v) is 7.98. The molecule has 0 saturated heterocycles. The predicted octanol–water partition coefficient (Wildman–Crippen LogP) is 3.78. The van der Waals surface area contributed by atoms with E-state index < -0.39 is 0 Å². The molecule has 0 bridgehead atoms. The maximum absolute atomic E-state index is 5.42. The standard InChI is InChI=1S/C20H23NO2/c1-22-19-13-17-10-12-21(15-18(17)14-20(19)23-2)11-6-9-16-7-4-3-5-8-16/h3-9,13-14H,10-12,15H2,1-2H3/b9-6+. The normalized spacial score (nSPS) is 14.7. The third-order valence-corrected chi connectivity index (χ3v) is 4.27. The van der Waals surface area contributed by atoms with Crippen molar-refractivity contribution in [2.75, 3.05) is 27.3 Å². The molecule has 0 N–H and O–H groups in total. The molecule has 3 rings (SSSR count). The Morgan fingerprint density at radius 2 is 1.70 bits per heavy atom. The Bertz CT molecular complexity index is 680. The molecule has 3 nitrogen and oxygen atoms in total. The Balaban J connectivity index is 1.67. The van der Waals surface area contributed by atoms with Gasteiger partial charge in [-0.3, -0.25) is 4.90 Å². The van der Waals surface area contributed by atoms with E-state index in [9.17, 15) is 0 Å². The average Bonchev–Trinajstić information content (AvgIpc) is 2.61. The molecule has 1 aliphatic heterocycles. The number of fused-ring (bicyclic) bond motifs is 1. The highest BCUT2D eigenvalue weighted by Crippen LogP contribution is 2.33. The van der Waals surface area contributed by atoms with Crippen LogP contribution in [0.2, 0.25) is 0 Å². The highest BCUT2D eigenvalue weighted by molar-refractivity contribution is 5.49. The van der Waals surface area contributed by atoms with Gasteiger partial charge in [-0.05, 0) is 35.2 Å². The second-order valence-electron chi connectivity index (χ2n) is 5.77. The van der Waals surface area contributed by atoms with Crippen LogP contribution in [0.1, 0.15) is 16.7 Å². The van der Waals surface area contributed by atoms with Crippen LogP contribution < -0.4 is 9.47 Å². The fourth-order valence-corrected chi connectivity index (χ4v) is 3.00. The molecule has 0 radical (unpaired) electrons. The second-order valence-corrected chi connectivity index (χ2v) is 5.77. The summed E-state index contributed by atoms with van der Waals surface area (Å²) < 4.78 is 10.8. The smallest absolute Gasteiger partial charge is 0.161 e. The zero-order chi connectivity index (χ0) is 16.1. The first-order valence-electron chi connectivity index (χ1n) is 7.98. The third-order valence-electron chi connectivity index (χ3n) is 4.27. The van der Waals surface area contributed by atoms with Gasteiger partial charge in [0, 0.05) is 19.6 Å². The van der Waals surface area contributed by atoms with Gasteiger partial charge >= 0.3 is 0 Å². The van der Waals surface area contributed by atoms with Crippen LogP contribution in [0.5, 0.6) is 11.5 Å². The Hall–Kier alpha value is -2.26. The van der Waals surface area contributed by atoms with E-state index in [1.165, 1.54) is 16.7 Å². The summed E-state index contributed by atoms with van der Waals surface area (Å²) in [6, 6.07) is 14.7. The molecular weight excluding hydrogens is 286 g/mol. The molecule has 23 heavy (non-hydrogen) atoms. The molecule has 0 aliphatic carbocycles. The van der Waals surface area contributed by atoms with Crippen LogP contribution in [0, 0.1) is 0 Å². The largest absolute Gasteiger partial charge is 0.493 e. The van der Waals surface area contributed by atoms with Gasteiger partial charge in [0.25, 0.3) is 0 Å². The van der Waals surface area contributed by atoms with Gasteiger partial charge in [0.2, 0.25) is 0 Å². The van der Waals surface area contributed by atoms with Gasteiger partial charge in [0.15, 0.2) is 11.5 Å². The van der Waals surface area contributed by atoms with E-state index in [-0.39, 0.29) is 0 Å². The van der Waals surface area contributed by atoms with E-state index >= 15 is 0 Å². The highest BCUT2D eigenvalue weighted by atomic mass is 16.5. The molecular formula is C20H23NO2. The lowest BCUT2D eigenvalue weighted by atomic mass is 9.99. The van der Waals surface area contributed by atoms with E-state index in [0.29, 0.717) is 0 Å². The summed E-state index contributed by atoms with van der Waals surface area (Å²) in [5.74, 6) is 1.64. The number of nitrogens with zero attached hydrogens (tertiary/aromatic N) is 1. The van der Waals surface area contributed by atoms with Crippen molar-refractivity contribution in [1.82, 2.24) is 4.90 Å². The van der Waals surface area contributed by atoms with Gasteiger partial charge in [-0.2, -0.15) is 0 Å². The first kappa shape index (κ1) is 15.6. The van der Waals surface area contributed by atoms with Crippen molar-refractivity contribution < 1.29 is 9.47 Å². The summed E-state index contributed by atoms with van der Waals surface area (Å²) in [5, 5.41) is 0. The minimum absolute atomic E-state index is 0.813. The summed E-state index contributed by atoms with van der Waals surface area (Å²) >= 11 is 0. The maximum atomic E-state index is 5.42. The molecule has 2 aromatic carbocycles. The van der Waals surface area contributed by atoms with Crippen molar-refractivity contribution in [3.63, 3.8) is 0 Å². The summed E-state index contributed by atoms with van der Waals surface area (Å²) in [5.41, 5.74) is 3.95. The molecule has 3 heteroatoms. The van der Waals surface area contributed by atoms with Crippen molar-refractivity contribution >= 4 is 6.08 Å². The van der Waals surface area contributed by atoms with E-state index in [1.54, 1.807) is 14.2 Å². The molecule has 0 atom stereocenters. The minimum atomic E-state index is 0.813. The quantitative estimate of drug-likeness (QED) is 0.839. The number of benzene rings is 2. The SMILES string of the molecule is COc1cc2c(cc1OC)CN(C/C=C/c1ccccc1)CC2. The molecule has 0 spiro atoms. The van der Waals surface area contributed by atoms with Crippen molar-refractivity contribution in [2.45, 2.75) is 13.0 Å². The average molecular weight is 309 g/mol. The van der Waals surface area contributed by atoms with Gasteiger partial charge in [-0.15, -0.1) is 0 Å². The first-order chi connectivity index (χ1) is 11.3. The number of methoxy groups -OCH3 is 2. The van der Waals surface area contributed by atoms with Crippen LogP contribution in [-0.4, -0.2) is 32.2 Å². The Morgan fingerprint density at radius 3 is 2.39 bits per heavy atom. The van der Waals surface area contributed by atoms with Crippen LogP contribution >= 0.6 is 0 Å². The Kier molecular flexibility index (Phi) is 4.99. The van der Waals surface area contributed by atoms with Gasteiger partial charge in [0.1, 0.15) is 0 Å². The lowest BCUT2D eigenvalue weighted by Gasteiger charge is -2.28. The van der Waals surface area contributed by atoms with Crippen molar-refractivity contribution in [3.8, 4) is 11.5 Å². The van der Waals surface area contributed by atoms with Crippen molar-refractivity contribution in [2.24, 2.45) is 0 Å². The number of rotatable bonds is 5. The highest BCUT2D eigenvalue weighted by Gasteiger charge is 2.18. The van der Waals surface area contributed by atoms with E-state index in [4.69, 9.17) is 9.47 Å². The predicted molar refractivity (Wildman–Crippen MR) is 94.0 cm³/mol. The van der Waals surface area contributed by atoms with Crippen LogP contribution in [0.25, 0.3) is 6.08 Å². The lowest BCUT2D eigenvalue weighted by molar-refractivity contribution is 0.279. The molecule has 0 aromatic heterocycles. The molecule has 0 fully saturated rings. The van der Waals surface area contributed by atoms with Gasteiger partial charge in [-0.1, -0.05) is 42.5 Å². The number of hydrogen-bond donors (Lipinski definition) is 0. The number of hydrogen-bond acceptors (Lipinski definition) is 3. The van der Waals surface area contributed by atoms with Crippen LogP contribution in [-0.2, 0) is 13.0 Å². The van der Waals surface area contributed by atoms with E-state index in [1.807, 2.05) is 6.07 Å². The summed E-state index contributed by atoms with van der Waals surface area (Å²) in [7, 11) is 3.38. The van der Waals surface area contributed by atoms with Gasteiger partial charge in [0.05, 0.1) is 14.2 Å². The molecule has 1 aliphatic rings. The summed E-state index contributed by atoms with van der Waals surface area (Å²) in [6.45, 7) is 2.99. The molecule has 0 unspecified atom stereocenters. The minimum Gasteiger partial charge on any atom is -0.493 e. The van der Waals surface area contributed by atoms with Gasteiger partial charge in [-0.25, -0.2) is 0 Å². The zero-order valence-electron chi connectivity index (χ0n) is 13.8. The lowest BCUT2D eigenvalue weighted by Crippen LogP contribution is -2.30. The van der Waals surface area contributed by atoms with Crippen molar-refractivity contribution in [1.29, 1.82) is 0 Å². The van der Waals surface area contributed by atoms with E-state index in [0.717, 1.165) is 37.6 Å². The maximum Gasteiger partial charge on any atom is 0.161 e. The fourth-order valence-electron chi connectivity index (χ4n) is 3.00. The molecule has 0 amide bonds. The van der Waals surface area contributed by atoms with Crippen molar-refractivity contribution in [3.05, 3.63) is 65.2 Å². The molecule has 0 saturated carbocycles. The monoisotopic (exact) mass is 309 g/mol. The zero-order valence-corrected chi connectivity index (χ0v) is 13.8. The van der Waals surface area contributed by atoms with E-state index in [2.05, 4.69) is 53.5 Å². The Morgan fingerprint density at radius 1 is 1.00 bits per heavy atom. The summed E-state index contributed by atoms with van der Waals surface area (Å²) in [6.07, 6.45) is 5.47. The molecule has 120 valence electrons. The molecule has 2 aromatic rings. The van der Waals surface area contributed by atoms with Crippen LogP contribution in [0.15, 0.2) is 48.5 Å².